The maximum absolute atomic E-state index is 12.5. The van der Waals surface area contributed by atoms with E-state index in [0.29, 0.717) is 26.1 Å². The van der Waals surface area contributed by atoms with Crippen LogP contribution in [-0.2, 0) is 9.59 Å². The molecule has 1 saturated carbocycles. The van der Waals surface area contributed by atoms with Gasteiger partial charge >= 0.3 is 0 Å². The maximum atomic E-state index is 12.5. The van der Waals surface area contributed by atoms with Gasteiger partial charge in [0, 0.05) is 19.5 Å². The van der Waals surface area contributed by atoms with E-state index in [1.165, 1.54) is 19.3 Å². The van der Waals surface area contributed by atoms with Crippen LogP contribution in [0.4, 0.5) is 0 Å². The average Bonchev–Trinajstić information content (AvgIpc) is 2.42. The van der Waals surface area contributed by atoms with Crippen molar-refractivity contribution in [2.75, 3.05) is 19.6 Å². The van der Waals surface area contributed by atoms with Crippen molar-refractivity contribution < 1.29 is 9.59 Å². The van der Waals surface area contributed by atoms with Crippen molar-refractivity contribution in [1.29, 1.82) is 0 Å². The predicted octanol–water partition coefficient (Wildman–Crippen LogP) is 1.05. The Balaban J connectivity index is 0.00000200. The van der Waals surface area contributed by atoms with Gasteiger partial charge in [-0.05, 0) is 31.7 Å². The number of carbonyl (C=O) groups is 2. The van der Waals surface area contributed by atoms with Gasteiger partial charge in [0.2, 0.25) is 11.8 Å². The minimum absolute atomic E-state index is 0. The number of nitrogens with zero attached hydrogens (tertiary/aromatic N) is 1. The Bertz CT molecular complexity index is 356. The lowest BCUT2D eigenvalue weighted by Gasteiger charge is -2.39. The zero-order chi connectivity index (χ0) is 13.9. The maximum Gasteiger partial charge on any atom is 0.242 e. The largest absolute Gasteiger partial charge is 0.353 e. The molecule has 1 heterocycles. The third kappa shape index (κ3) is 3.64. The Hall–Kier alpha value is -0.810. The van der Waals surface area contributed by atoms with Crippen LogP contribution in [0.3, 0.4) is 0 Å². The van der Waals surface area contributed by atoms with Crippen molar-refractivity contribution in [3.63, 3.8) is 0 Å². The van der Waals surface area contributed by atoms with Crippen LogP contribution in [0.2, 0.25) is 0 Å². The van der Waals surface area contributed by atoms with Gasteiger partial charge in [-0.25, -0.2) is 0 Å². The second kappa shape index (κ2) is 7.27. The SMILES string of the molecule is CC1C(=O)NCCN1C(=O)CC1(CN)CCCCC1.Cl. The molecule has 5 nitrogen and oxygen atoms in total. The second-order valence-corrected chi connectivity index (χ2v) is 6.00. The smallest absolute Gasteiger partial charge is 0.242 e. The Morgan fingerprint density at radius 3 is 2.65 bits per heavy atom. The lowest BCUT2D eigenvalue weighted by molar-refractivity contribution is -0.144. The number of carbonyl (C=O) groups excluding carboxylic acids is 2. The lowest BCUT2D eigenvalue weighted by atomic mass is 9.71. The molecule has 2 rings (SSSR count). The first kappa shape index (κ1) is 17.2. The number of piperazine rings is 1. The van der Waals surface area contributed by atoms with Crippen LogP contribution < -0.4 is 11.1 Å². The molecule has 0 aromatic heterocycles. The van der Waals surface area contributed by atoms with Gasteiger partial charge < -0.3 is 16.0 Å². The second-order valence-electron chi connectivity index (χ2n) is 6.00. The van der Waals surface area contributed by atoms with Crippen LogP contribution in [0.25, 0.3) is 0 Å². The molecule has 0 radical (unpaired) electrons. The fourth-order valence-electron chi connectivity index (χ4n) is 3.30. The number of hydrogen-bond acceptors (Lipinski definition) is 3. The Morgan fingerprint density at radius 1 is 1.40 bits per heavy atom. The molecule has 0 aromatic carbocycles. The Labute approximate surface area is 127 Å². The van der Waals surface area contributed by atoms with Crippen LogP contribution in [-0.4, -0.2) is 42.4 Å². The molecular formula is C14H26ClN3O2. The summed E-state index contributed by atoms with van der Waals surface area (Å²) in [6, 6.07) is -0.348. The summed E-state index contributed by atoms with van der Waals surface area (Å²) >= 11 is 0. The molecule has 0 aromatic rings. The van der Waals surface area contributed by atoms with Gasteiger partial charge in [-0.1, -0.05) is 19.3 Å². The number of rotatable bonds is 3. The van der Waals surface area contributed by atoms with E-state index >= 15 is 0 Å². The molecule has 0 spiro atoms. The summed E-state index contributed by atoms with van der Waals surface area (Å²) in [5.74, 6) is 0.0414. The zero-order valence-corrected chi connectivity index (χ0v) is 13.0. The molecule has 1 aliphatic heterocycles. The van der Waals surface area contributed by atoms with Crippen molar-refractivity contribution in [3.05, 3.63) is 0 Å². The minimum Gasteiger partial charge on any atom is -0.353 e. The first-order valence-corrected chi connectivity index (χ1v) is 7.35. The summed E-state index contributed by atoms with van der Waals surface area (Å²) in [6.45, 7) is 3.55. The Kier molecular flexibility index (Phi) is 6.27. The summed E-state index contributed by atoms with van der Waals surface area (Å²) in [4.78, 5) is 25.8. The zero-order valence-electron chi connectivity index (χ0n) is 12.2. The third-order valence-corrected chi connectivity index (χ3v) is 4.69. The highest BCUT2D eigenvalue weighted by atomic mass is 35.5. The number of nitrogens with two attached hydrogens (primary N) is 1. The van der Waals surface area contributed by atoms with E-state index < -0.39 is 0 Å². The van der Waals surface area contributed by atoms with Gasteiger partial charge in [-0.3, -0.25) is 9.59 Å². The number of halogens is 1. The molecule has 3 N–H and O–H groups in total. The van der Waals surface area contributed by atoms with Crippen molar-refractivity contribution >= 4 is 24.2 Å². The quantitative estimate of drug-likeness (QED) is 0.818. The topological polar surface area (TPSA) is 75.4 Å². The van der Waals surface area contributed by atoms with E-state index in [9.17, 15) is 9.59 Å². The molecule has 1 unspecified atom stereocenters. The summed E-state index contributed by atoms with van der Waals surface area (Å²) in [5.41, 5.74) is 5.90. The number of amides is 2. The van der Waals surface area contributed by atoms with E-state index in [4.69, 9.17) is 5.73 Å². The van der Waals surface area contributed by atoms with Crippen LogP contribution in [0.15, 0.2) is 0 Å². The molecule has 6 heteroatoms. The Morgan fingerprint density at radius 2 is 2.05 bits per heavy atom. The van der Waals surface area contributed by atoms with Gasteiger partial charge in [0.05, 0.1) is 0 Å². The molecular weight excluding hydrogens is 278 g/mol. The molecule has 1 atom stereocenters. The highest BCUT2D eigenvalue weighted by Crippen LogP contribution is 2.38. The normalized spacial score (nSPS) is 25.6. The third-order valence-electron chi connectivity index (χ3n) is 4.69. The standard InChI is InChI=1S/C14H25N3O2.ClH/c1-11-13(19)16-7-8-17(11)12(18)9-14(10-15)5-3-2-4-6-14;/h11H,2-10,15H2,1H3,(H,16,19);1H. The van der Waals surface area contributed by atoms with E-state index in [0.717, 1.165) is 12.8 Å². The molecule has 1 aliphatic carbocycles. The van der Waals surface area contributed by atoms with Gasteiger partial charge in [0.25, 0.3) is 0 Å². The molecule has 2 fully saturated rings. The first-order valence-electron chi connectivity index (χ1n) is 7.35. The van der Waals surface area contributed by atoms with Crippen molar-refractivity contribution in [2.24, 2.45) is 11.1 Å². The van der Waals surface area contributed by atoms with Crippen LogP contribution in [0.5, 0.6) is 0 Å². The van der Waals surface area contributed by atoms with Gasteiger partial charge in [-0.2, -0.15) is 0 Å². The molecule has 116 valence electrons. The monoisotopic (exact) mass is 303 g/mol. The molecule has 2 aliphatic rings. The summed E-state index contributed by atoms with van der Waals surface area (Å²) in [6.07, 6.45) is 6.17. The van der Waals surface area contributed by atoms with Crippen molar-refractivity contribution in [2.45, 2.75) is 51.5 Å². The minimum atomic E-state index is -0.348. The van der Waals surface area contributed by atoms with E-state index in [2.05, 4.69) is 5.32 Å². The van der Waals surface area contributed by atoms with Gasteiger partial charge in [-0.15, -0.1) is 12.4 Å². The lowest BCUT2D eigenvalue weighted by Crippen LogP contribution is -2.56. The molecule has 0 bridgehead atoms. The molecule has 20 heavy (non-hydrogen) atoms. The average molecular weight is 304 g/mol. The van der Waals surface area contributed by atoms with Crippen LogP contribution in [0.1, 0.15) is 45.4 Å². The summed E-state index contributed by atoms with van der Waals surface area (Å²) in [5, 5.41) is 2.79. The fraction of sp³-hybridized carbons (Fsp3) is 0.857. The fourth-order valence-corrected chi connectivity index (χ4v) is 3.30. The highest BCUT2D eigenvalue weighted by molar-refractivity contribution is 5.88. The molecule has 1 saturated heterocycles. The predicted molar refractivity (Wildman–Crippen MR) is 80.6 cm³/mol. The van der Waals surface area contributed by atoms with Crippen molar-refractivity contribution in [1.82, 2.24) is 10.2 Å². The van der Waals surface area contributed by atoms with E-state index in [1.807, 2.05) is 0 Å². The summed E-state index contributed by atoms with van der Waals surface area (Å²) < 4.78 is 0. The van der Waals surface area contributed by atoms with Crippen molar-refractivity contribution in [3.8, 4) is 0 Å². The number of hydrogen-bond donors (Lipinski definition) is 2. The first-order chi connectivity index (χ1) is 9.08. The highest BCUT2D eigenvalue weighted by Gasteiger charge is 2.37. The van der Waals surface area contributed by atoms with E-state index in [-0.39, 0.29) is 35.7 Å². The van der Waals surface area contributed by atoms with Crippen LogP contribution in [0, 0.1) is 5.41 Å². The van der Waals surface area contributed by atoms with Crippen LogP contribution >= 0.6 is 12.4 Å². The summed E-state index contributed by atoms with van der Waals surface area (Å²) in [7, 11) is 0. The van der Waals surface area contributed by atoms with Gasteiger partial charge in [0.15, 0.2) is 0 Å². The number of nitrogens with one attached hydrogen (secondary N) is 1. The van der Waals surface area contributed by atoms with Gasteiger partial charge in [0.1, 0.15) is 6.04 Å². The molecule has 2 amide bonds. The van der Waals surface area contributed by atoms with E-state index in [1.54, 1.807) is 11.8 Å².